The monoisotopic (exact) mass is 444 g/mol. The fourth-order valence-electron chi connectivity index (χ4n) is 4.94. The molecule has 6 rings (SSSR count). The fraction of sp³-hybridized carbons (Fsp3) is 0.200. The summed E-state index contributed by atoms with van der Waals surface area (Å²) in [6.07, 6.45) is 2.71. The van der Waals surface area contributed by atoms with Crippen molar-refractivity contribution in [2.24, 2.45) is 0 Å². The van der Waals surface area contributed by atoms with Crippen LogP contribution in [0.3, 0.4) is 0 Å². The van der Waals surface area contributed by atoms with Crippen molar-refractivity contribution in [3.05, 3.63) is 81.8 Å². The third-order valence-electron chi connectivity index (χ3n) is 6.44. The molecule has 0 fully saturated rings. The Morgan fingerprint density at radius 3 is 2.88 bits per heavy atom. The highest BCUT2D eigenvalue weighted by Gasteiger charge is 2.38. The Labute approximate surface area is 188 Å². The van der Waals surface area contributed by atoms with Gasteiger partial charge in [-0.15, -0.1) is 11.3 Å². The van der Waals surface area contributed by atoms with Crippen LogP contribution in [0.2, 0.25) is 0 Å². The Kier molecular flexibility index (Phi) is 4.40. The Morgan fingerprint density at radius 1 is 1.19 bits per heavy atom. The van der Waals surface area contributed by atoms with Gasteiger partial charge < -0.3 is 15.0 Å². The number of aromatic amines is 1. The van der Waals surface area contributed by atoms with Gasteiger partial charge in [0.25, 0.3) is 0 Å². The maximum atomic E-state index is 13.9. The highest BCUT2D eigenvalue weighted by atomic mass is 32.1. The van der Waals surface area contributed by atoms with Crippen LogP contribution in [0.1, 0.15) is 35.1 Å². The van der Waals surface area contributed by atoms with Crippen molar-refractivity contribution in [1.29, 1.82) is 5.41 Å². The van der Waals surface area contributed by atoms with E-state index in [1.54, 1.807) is 12.1 Å². The number of halogens is 1. The van der Waals surface area contributed by atoms with E-state index in [4.69, 9.17) is 10.4 Å². The lowest BCUT2D eigenvalue weighted by atomic mass is 9.90. The largest absolute Gasteiger partial charge is 0.510 e. The molecule has 0 saturated heterocycles. The maximum Gasteiger partial charge on any atom is 0.135 e. The third kappa shape index (κ3) is 2.96. The molecule has 160 valence electrons. The predicted octanol–water partition coefficient (Wildman–Crippen LogP) is 6.07. The minimum Gasteiger partial charge on any atom is -0.510 e. The van der Waals surface area contributed by atoms with E-state index in [-0.39, 0.29) is 24.2 Å². The van der Waals surface area contributed by atoms with Crippen LogP contribution >= 0.6 is 11.3 Å². The molecular formula is C25H21FN4OS. The Morgan fingerprint density at radius 2 is 2.03 bits per heavy atom. The van der Waals surface area contributed by atoms with Crippen molar-refractivity contribution < 1.29 is 9.50 Å². The number of aromatic nitrogens is 2. The SMILES string of the molecule is N=C1C(c2nc(-c3ccccc3)cs2)=C(O)CN1[C@H]1CCCc2c1[nH]c1ccc(F)cc21. The molecule has 1 atom stereocenters. The fourth-order valence-corrected chi connectivity index (χ4v) is 5.84. The first-order valence-corrected chi connectivity index (χ1v) is 11.6. The number of rotatable bonds is 3. The van der Waals surface area contributed by atoms with E-state index in [0.717, 1.165) is 52.7 Å². The first-order chi connectivity index (χ1) is 15.6. The van der Waals surface area contributed by atoms with Crippen molar-refractivity contribution in [1.82, 2.24) is 14.9 Å². The number of nitrogens with one attached hydrogen (secondary N) is 2. The molecule has 2 aromatic heterocycles. The van der Waals surface area contributed by atoms with E-state index in [2.05, 4.69) is 4.98 Å². The number of nitrogens with zero attached hydrogens (tertiary/aromatic N) is 2. The highest BCUT2D eigenvalue weighted by molar-refractivity contribution is 7.11. The van der Waals surface area contributed by atoms with Crippen LogP contribution in [0.15, 0.2) is 59.7 Å². The molecule has 0 saturated carbocycles. The summed E-state index contributed by atoms with van der Waals surface area (Å²) in [6.45, 7) is 0.280. The molecule has 3 heterocycles. The van der Waals surface area contributed by atoms with E-state index in [1.807, 2.05) is 40.6 Å². The zero-order chi connectivity index (χ0) is 21.8. The lowest BCUT2D eigenvalue weighted by Crippen LogP contribution is -2.33. The lowest BCUT2D eigenvalue weighted by Gasteiger charge is -2.32. The number of aliphatic hydroxyl groups is 1. The molecule has 5 nitrogen and oxygen atoms in total. The van der Waals surface area contributed by atoms with Crippen LogP contribution in [-0.4, -0.2) is 32.4 Å². The van der Waals surface area contributed by atoms with Gasteiger partial charge in [-0.25, -0.2) is 9.37 Å². The number of aliphatic hydroxyl groups excluding tert-OH is 1. The van der Waals surface area contributed by atoms with Gasteiger partial charge in [0.1, 0.15) is 22.4 Å². The van der Waals surface area contributed by atoms with Gasteiger partial charge >= 0.3 is 0 Å². The van der Waals surface area contributed by atoms with Crippen LogP contribution in [0.25, 0.3) is 27.7 Å². The molecule has 2 aromatic carbocycles. The smallest absolute Gasteiger partial charge is 0.135 e. The molecule has 0 spiro atoms. The number of amidine groups is 1. The zero-order valence-corrected chi connectivity index (χ0v) is 18.0. The van der Waals surface area contributed by atoms with Gasteiger partial charge in [0, 0.05) is 27.5 Å². The van der Waals surface area contributed by atoms with Crippen LogP contribution in [0, 0.1) is 11.2 Å². The number of hydrogen-bond donors (Lipinski definition) is 3. The first kappa shape index (κ1) is 19.3. The Bertz CT molecular complexity index is 1390. The molecule has 4 aromatic rings. The van der Waals surface area contributed by atoms with E-state index in [1.165, 1.54) is 17.4 Å². The number of aryl methyl sites for hydroxylation is 1. The van der Waals surface area contributed by atoms with Crippen LogP contribution < -0.4 is 0 Å². The van der Waals surface area contributed by atoms with E-state index in [9.17, 15) is 9.50 Å². The maximum absolute atomic E-state index is 13.9. The van der Waals surface area contributed by atoms with E-state index >= 15 is 0 Å². The van der Waals surface area contributed by atoms with Crippen LogP contribution in [-0.2, 0) is 6.42 Å². The minimum absolute atomic E-state index is 0.0603. The highest BCUT2D eigenvalue weighted by Crippen LogP contribution is 2.42. The lowest BCUT2D eigenvalue weighted by molar-refractivity contribution is 0.271. The summed E-state index contributed by atoms with van der Waals surface area (Å²) < 4.78 is 13.9. The molecule has 0 bridgehead atoms. The summed E-state index contributed by atoms with van der Waals surface area (Å²) in [5.74, 6) is 0.229. The molecule has 2 aliphatic rings. The van der Waals surface area contributed by atoms with E-state index in [0.29, 0.717) is 16.4 Å². The van der Waals surface area contributed by atoms with Crippen molar-refractivity contribution in [2.75, 3.05) is 6.54 Å². The van der Waals surface area contributed by atoms with Crippen molar-refractivity contribution >= 4 is 33.6 Å². The van der Waals surface area contributed by atoms with Gasteiger partial charge in [0.05, 0.1) is 23.9 Å². The van der Waals surface area contributed by atoms with Gasteiger partial charge in [-0.1, -0.05) is 30.3 Å². The molecule has 0 unspecified atom stereocenters. The van der Waals surface area contributed by atoms with Crippen molar-refractivity contribution in [2.45, 2.75) is 25.3 Å². The van der Waals surface area contributed by atoms with Crippen molar-refractivity contribution in [3.63, 3.8) is 0 Å². The summed E-state index contributed by atoms with van der Waals surface area (Å²) in [5, 5.41) is 23.3. The topological polar surface area (TPSA) is 76.0 Å². The number of H-pyrrole nitrogens is 1. The minimum atomic E-state index is -0.241. The van der Waals surface area contributed by atoms with Gasteiger partial charge in [-0.2, -0.15) is 0 Å². The molecule has 32 heavy (non-hydrogen) atoms. The molecular weight excluding hydrogens is 423 g/mol. The number of thiazole rings is 1. The Balaban J connectivity index is 1.34. The average Bonchev–Trinajstić information content (AvgIpc) is 3.50. The predicted molar refractivity (Wildman–Crippen MR) is 125 cm³/mol. The van der Waals surface area contributed by atoms with Crippen LogP contribution in [0.4, 0.5) is 4.39 Å². The second-order valence-corrected chi connectivity index (χ2v) is 9.18. The molecule has 0 amide bonds. The number of benzene rings is 2. The van der Waals surface area contributed by atoms with Gasteiger partial charge in [-0.05, 0) is 43.0 Å². The summed E-state index contributed by atoms with van der Waals surface area (Å²) >= 11 is 1.44. The summed E-state index contributed by atoms with van der Waals surface area (Å²) in [6, 6.07) is 14.7. The second-order valence-electron chi connectivity index (χ2n) is 8.32. The quantitative estimate of drug-likeness (QED) is 0.359. The molecule has 7 heteroatoms. The number of hydrogen-bond acceptors (Lipinski definition) is 4. The third-order valence-corrected chi connectivity index (χ3v) is 7.30. The van der Waals surface area contributed by atoms with Gasteiger partial charge in [-0.3, -0.25) is 5.41 Å². The molecule has 1 aliphatic carbocycles. The van der Waals surface area contributed by atoms with Crippen LogP contribution in [0.5, 0.6) is 0 Å². The van der Waals surface area contributed by atoms with E-state index < -0.39 is 0 Å². The molecule has 3 N–H and O–H groups in total. The standard InChI is InChI=1S/C25H21FN4OS/c26-15-9-10-18-17(11-15)16-7-4-8-20(23(16)28-18)30-12-21(31)22(24(30)27)25-29-19(13-32-25)14-5-2-1-3-6-14/h1-3,5-6,9-11,13,20,27-28,31H,4,7-8,12H2/t20-/m0/s1. The van der Waals surface area contributed by atoms with Gasteiger partial charge in [0.15, 0.2) is 0 Å². The normalized spacial score (nSPS) is 18.6. The van der Waals surface area contributed by atoms with Crippen molar-refractivity contribution in [3.8, 4) is 11.3 Å². The Hall–Kier alpha value is -3.45. The number of fused-ring (bicyclic) bond motifs is 3. The van der Waals surface area contributed by atoms with Gasteiger partial charge in [0.2, 0.25) is 0 Å². The average molecular weight is 445 g/mol. The zero-order valence-electron chi connectivity index (χ0n) is 17.2. The second kappa shape index (κ2) is 7.31. The first-order valence-electron chi connectivity index (χ1n) is 10.7. The molecule has 0 radical (unpaired) electrons. The summed E-state index contributed by atoms with van der Waals surface area (Å²) in [4.78, 5) is 10.1. The summed E-state index contributed by atoms with van der Waals surface area (Å²) in [5.41, 5.74) is 5.43. The molecule has 1 aliphatic heterocycles. The summed E-state index contributed by atoms with van der Waals surface area (Å²) in [7, 11) is 0.